The topological polar surface area (TPSA) is 66.5 Å². The lowest BCUT2D eigenvalue weighted by atomic mass is 9.86. The molecule has 0 fully saturated rings. The molecular formula is C23H32N2O3S. The number of amides is 1. The van der Waals surface area contributed by atoms with E-state index >= 15 is 0 Å². The lowest BCUT2D eigenvalue weighted by Gasteiger charge is -2.22. The van der Waals surface area contributed by atoms with Gasteiger partial charge in [0.25, 0.3) is 5.91 Å². The third-order valence-electron chi connectivity index (χ3n) is 5.03. The van der Waals surface area contributed by atoms with E-state index < -0.39 is 10.0 Å². The fourth-order valence-corrected chi connectivity index (χ4v) is 4.26. The van der Waals surface area contributed by atoms with Crippen LogP contribution in [0.5, 0.6) is 0 Å². The summed E-state index contributed by atoms with van der Waals surface area (Å²) in [6.07, 6.45) is 0. The maximum absolute atomic E-state index is 12.6. The zero-order valence-corrected chi connectivity index (χ0v) is 19.0. The summed E-state index contributed by atoms with van der Waals surface area (Å²) in [5, 5.41) is 3.00. The van der Waals surface area contributed by atoms with Gasteiger partial charge in [0, 0.05) is 12.1 Å². The van der Waals surface area contributed by atoms with Crippen molar-refractivity contribution in [2.75, 3.05) is 16.6 Å². The van der Waals surface area contributed by atoms with E-state index in [2.05, 4.69) is 38.2 Å². The summed E-state index contributed by atoms with van der Waals surface area (Å²) in [6, 6.07) is 14.8. The quantitative estimate of drug-likeness (QED) is 0.714. The van der Waals surface area contributed by atoms with E-state index in [-0.39, 0.29) is 23.1 Å². The molecule has 0 radical (unpaired) electrons. The smallest absolute Gasteiger partial charge is 0.251 e. The van der Waals surface area contributed by atoms with E-state index in [9.17, 15) is 13.2 Å². The van der Waals surface area contributed by atoms with Crippen molar-refractivity contribution < 1.29 is 13.2 Å². The number of nitrogens with one attached hydrogen (secondary N) is 1. The molecule has 1 amide bonds. The van der Waals surface area contributed by atoms with Gasteiger partial charge in [-0.05, 0) is 61.6 Å². The second-order valence-corrected chi connectivity index (χ2v) is 10.4. The number of benzene rings is 2. The number of rotatable bonds is 7. The fraction of sp³-hybridized carbons (Fsp3) is 0.435. The van der Waals surface area contributed by atoms with Crippen molar-refractivity contribution in [3.63, 3.8) is 0 Å². The number of hydrogen-bond acceptors (Lipinski definition) is 3. The third kappa shape index (κ3) is 5.60. The molecule has 0 saturated heterocycles. The summed E-state index contributed by atoms with van der Waals surface area (Å²) in [6.45, 7) is 12.2. The number of hydrogen-bond donors (Lipinski definition) is 1. The maximum Gasteiger partial charge on any atom is 0.251 e. The molecule has 2 aromatic carbocycles. The van der Waals surface area contributed by atoms with Crippen molar-refractivity contribution >= 4 is 21.6 Å². The van der Waals surface area contributed by atoms with Crippen LogP contribution in [0.3, 0.4) is 0 Å². The van der Waals surface area contributed by atoms with E-state index in [1.54, 1.807) is 38.1 Å². The highest BCUT2D eigenvalue weighted by Crippen LogP contribution is 2.24. The zero-order valence-electron chi connectivity index (χ0n) is 18.2. The second kappa shape index (κ2) is 8.99. The van der Waals surface area contributed by atoms with Gasteiger partial charge in [-0.1, -0.05) is 45.0 Å². The SMILES string of the molecule is CCN(c1ccc(C(=O)N[C@H](C)c2ccc(C(C)(C)C)cc2)cc1)S(=O)(=O)CC. The Labute approximate surface area is 175 Å². The van der Waals surface area contributed by atoms with Gasteiger partial charge in [-0.25, -0.2) is 8.42 Å². The van der Waals surface area contributed by atoms with Crippen molar-refractivity contribution in [2.24, 2.45) is 0 Å². The van der Waals surface area contributed by atoms with Crippen molar-refractivity contribution in [3.05, 3.63) is 65.2 Å². The molecule has 0 spiro atoms. The molecule has 158 valence electrons. The molecule has 1 atom stereocenters. The minimum Gasteiger partial charge on any atom is -0.346 e. The minimum absolute atomic E-state index is 0.0363. The normalized spacial score (nSPS) is 13.0. The predicted octanol–water partition coefficient (Wildman–Crippen LogP) is 4.65. The molecule has 0 bridgehead atoms. The van der Waals surface area contributed by atoms with Gasteiger partial charge in [-0.3, -0.25) is 9.10 Å². The molecule has 6 heteroatoms. The van der Waals surface area contributed by atoms with Gasteiger partial charge in [0.05, 0.1) is 17.5 Å². The number of carbonyl (C=O) groups excluding carboxylic acids is 1. The van der Waals surface area contributed by atoms with Crippen molar-refractivity contribution in [1.29, 1.82) is 0 Å². The molecule has 5 nitrogen and oxygen atoms in total. The summed E-state index contributed by atoms with van der Waals surface area (Å²) in [4.78, 5) is 12.6. The predicted molar refractivity (Wildman–Crippen MR) is 120 cm³/mol. The average Bonchev–Trinajstić information content (AvgIpc) is 2.68. The molecule has 2 aromatic rings. The van der Waals surface area contributed by atoms with Crippen LogP contribution in [0.1, 0.15) is 69.1 Å². The Morgan fingerprint density at radius 1 is 1.00 bits per heavy atom. The molecule has 0 unspecified atom stereocenters. The second-order valence-electron chi connectivity index (χ2n) is 8.18. The van der Waals surface area contributed by atoms with Crippen LogP contribution in [0.2, 0.25) is 0 Å². The van der Waals surface area contributed by atoms with Gasteiger partial charge < -0.3 is 5.32 Å². The van der Waals surface area contributed by atoms with Crippen molar-refractivity contribution in [1.82, 2.24) is 5.32 Å². The van der Waals surface area contributed by atoms with Crippen LogP contribution in [0.15, 0.2) is 48.5 Å². The molecule has 2 rings (SSSR count). The summed E-state index contributed by atoms with van der Waals surface area (Å²) >= 11 is 0. The molecule has 0 aromatic heterocycles. The lowest BCUT2D eigenvalue weighted by molar-refractivity contribution is 0.0940. The Balaban J connectivity index is 2.11. The summed E-state index contributed by atoms with van der Waals surface area (Å²) < 4.78 is 25.7. The Bertz CT molecular complexity index is 928. The van der Waals surface area contributed by atoms with E-state index in [0.717, 1.165) is 5.56 Å². The molecular weight excluding hydrogens is 384 g/mol. The van der Waals surface area contributed by atoms with Crippen LogP contribution in [0.4, 0.5) is 5.69 Å². The Morgan fingerprint density at radius 3 is 2.00 bits per heavy atom. The summed E-state index contributed by atoms with van der Waals surface area (Å²) in [5.41, 5.74) is 3.44. The molecule has 0 aliphatic rings. The van der Waals surface area contributed by atoms with E-state index in [4.69, 9.17) is 0 Å². The first-order valence-corrected chi connectivity index (χ1v) is 11.6. The average molecular weight is 417 g/mol. The highest BCUT2D eigenvalue weighted by Gasteiger charge is 2.19. The monoisotopic (exact) mass is 416 g/mol. The number of carbonyl (C=O) groups is 1. The Morgan fingerprint density at radius 2 is 1.55 bits per heavy atom. The van der Waals surface area contributed by atoms with Crippen LogP contribution in [-0.2, 0) is 15.4 Å². The summed E-state index contributed by atoms with van der Waals surface area (Å²) in [7, 11) is -3.33. The van der Waals surface area contributed by atoms with E-state index in [1.165, 1.54) is 9.87 Å². The van der Waals surface area contributed by atoms with Gasteiger partial charge in [0.2, 0.25) is 10.0 Å². The van der Waals surface area contributed by atoms with E-state index in [0.29, 0.717) is 17.8 Å². The number of anilines is 1. The largest absolute Gasteiger partial charge is 0.346 e. The minimum atomic E-state index is -3.33. The third-order valence-corrected chi connectivity index (χ3v) is 6.90. The lowest BCUT2D eigenvalue weighted by Crippen LogP contribution is -2.32. The molecule has 29 heavy (non-hydrogen) atoms. The molecule has 1 N–H and O–H groups in total. The number of sulfonamides is 1. The fourth-order valence-electron chi connectivity index (χ4n) is 3.11. The first kappa shape index (κ1) is 22.9. The molecule has 0 saturated carbocycles. The highest BCUT2D eigenvalue weighted by atomic mass is 32.2. The van der Waals surface area contributed by atoms with Gasteiger partial charge in [0.1, 0.15) is 0 Å². The maximum atomic E-state index is 12.6. The van der Waals surface area contributed by atoms with Crippen LogP contribution >= 0.6 is 0 Å². The highest BCUT2D eigenvalue weighted by molar-refractivity contribution is 7.92. The van der Waals surface area contributed by atoms with Gasteiger partial charge in [-0.2, -0.15) is 0 Å². The van der Waals surface area contributed by atoms with Gasteiger partial charge in [0.15, 0.2) is 0 Å². The van der Waals surface area contributed by atoms with Crippen molar-refractivity contribution in [3.8, 4) is 0 Å². The molecule has 0 heterocycles. The van der Waals surface area contributed by atoms with Gasteiger partial charge in [-0.15, -0.1) is 0 Å². The molecule has 0 aliphatic carbocycles. The van der Waals surface area contributed by atoms with Gasteiger partial charge >= 0.3 is 0 Å². The van der Waals surface area contributed by atoms with Crippen LogP contribution in [0.25, 0.3) is 0 Å². The standard InChI is InChI=1S/C23H32N2O3S/c1-7-25(29(27,28)8-2)21-15-11-19(12-16-21)22(26)24-17(3)18-9-13-20(14-10-18)23(4,5)6/h9-17H,7-8H2,1-6H3,(H,24,26)/t17-/m1/s1. The zero-order chi connectivity index (χ0) is 21.8. The van der Waals surface area contributed by atoms with Crippen LogP contribution < -0.4 is 9.62 Å². The number of nitrogens with zero attached hydrogens (tertiary/aromatic N) is 1. The van der Waals surface area contributed by atoms with Crippen LogP contribution in [-0.4, -0.2) is 26.6 Å². The van der Waals surface area contributed by atoms with Crippen molar-refractivity contribution in [2.45, 2.75) is 53.0 Å². The first-order chi connectivity index (χ1) is 13.5. The summed E-state index contributed by atoms with van der Waals surface area (Å²) in [5.74, 6) is -0.153. The Kier molecular flexibility index (Phi) is 7.11. The van der Waals surface area contributed by atoms with E-state index in [1.807, 2.05) is 19.1 Å². The Hall–Kier alpha value is -2.34. The first-order valence-electron chi connectivity index (χ1n) is 10.0. The molecule has 0 aliphatic heterocycles. The van der Waals surface area contributed by atoms with Crippen LogP contribution in [0, 0.1) is 0 Å².